The van der Waals surface area contributed by atoms with Crippen LogP contribution < -0.4 is 21.7 Å². The molecule has 3 unspecified atom stereocenters. The number of carbonyl (C=O) groups excluding carboxylic acids is 3. The number of H-pyrrole nitrogens is 1. The van der Waals surface area contributed by atoms with Crippen molar-refractivity contribution in [2.24, 2.45) is 5.73 Å². The Morgan fingerprint density at radius 1 is 1.21 bits per heavy atom. The number of aliphatic hydroxyl groups is 1. The number of carboxylic acid groups (broad SMARTS) is 1. The summed E-state index contributed by atoms with van der Waals surface area (Å²) in [6.45, 7) is -1.19. The zero-order valence-corrected chi connectivity index (χ0v) is 16.7. The van der Waals surface area contributed by atoms with Gasteiger partial charge in [0.15, 0.2) is 0 Å². The van der Waals surface area contributed by atoms with Gasteiger partial charge in [-0.2, -0.15) is 11.8 Å². The van der Waals surface area contributed by atoms with Crippen molar-refractivity contribution in [2.75, 3.05) is 25.2 Å². The molecule has 0 saturated carbocycles. The molecule has 1 rings (SSSR count). The number of nitrogens with two attached hydrogens (primary N) is 1. The van der Waals surface area contributed by atoms with E-state index < -0.39 is 55.0 Å². The van der Waals surface area contributed by atoms with Gasteiger partial charge in [-0.3, -0.25) is 19.2 Å². The van der Waals surface area contributed by atoms with E-state index in [2.05, 4.69) is 25.9 Å². The number of aromatic amines is 1. The molecule has 162 valence electrons. The highest BCUT2D eigenvalue weighted by molar-refractivity contribution is 7.98. The predicted molar refractivity (Wildman–Crippen MR) is 105 cm³/mol. The second kappa shape index (κ2) is 12.7. The summed E-state index contributed by atoms with van der Waals surface area (Å²) in [4.78, 5) is 54.4. The Morgan fingerprint density at radius 2 is 1.90 bits per heavy atom. The first kappa shape index (κ1) is 24.4. The Morgan fingerprint density at radius 3 is 2.45 bits per heavy atom. The number of hydrogen-bond donors (Lipinski definition) is 7. The smallest absolute Gasteiger partial charge is 0.322 e. The zero-order valence-electron chi connectivity index (χ0n) is 15.9. The minimum atomic E-state index is -1.23. The number of aliphatic carboxylic acids is 1. The van der Waals surface area contributed by atoms with Crippen molar-refractivity contribution in [1.82, 2.24) is 25.9 Å². The number of rotatable bonds is 13. The van der Waals surface area contributed by atoms with Crippen molar-refractivity contribution in [1.29, 1.82) is 0 Å². The van der Waals surface area contributed by atoms with Gasteiger partial charge < -0.3 is 36.9 Å². The number of carbonyl (C=O) groups is 4. The summed E-state index contributed by atoms with van der Waals surface area (Å²) in [6, 6.07) is -3.26. The molecule has 3 amide bonds. The number of aliphatic hydroxyl groups excluding tert-OH is 1. The molecule has 1 aromatic heterocycles. The number of imidazole rings is 1. The number of amides is 3. The van der Waals surface area contributed by atoms with Crippen LogP contribution in [0.1, 0.15) is 12.1 Å². The SMILES string of the molecule is CSCCC(NC(=O)C(N)CO)C(=O)NC(Cc1cnc[nH]1)C(=O)NCC(=O)O. The van der Waals surface area contributed by atoms with E-state index in [4.69, 9.17) is 15.9 Å². The highest BCUT2D eigenvalue weighted by Gasteiger charge is 2.28. The number of nitrogens with one attached hydrogen (secondary N) is 4. The number of aromatic nitrogens is 2. The van der Waals surface area contributed by atoms with Crippen molar-refractivity contribution < 1.29 is 29.4 Å². The van der Waals surface area contributed by atoms with Crippen LogP contribution >= 0.6 is 11.8 Å². The first-order valence-electron chi connectivity index (χ1n) is 8.71. The molecule has 0 aliphatic carbocycles. The van der Waals surface area contributed by atoms with E-state index in [1.165, 1.54) is 24.3 Å². The van der Waals surface area contributed by atoms with Gasteiger partial charge in [-0.25, -0.2) is 4.98 Å². The monoisotopic (exact) mass is 430 g/mol. The van der Waals surface area contributed by atoms with Crippen molar-refractivity contribution in [3.05, 3.63) is 18.2 Å². The number of nitrogens with zero attached hydrogens (tertiary/aromatic N) is 1. The normalized spacial score (nSPS) is 13.8. The fraction of sp³-hybridized carbons (Fsp3) is 0.562. The average Bonchev–Trinajstić information content (AvgIpc) is 3.20. The molecular weight excluding hydrogens is 404 g/mol. The molecule has 8 N–H and O–H groups in total. The molecule has 0 aliphatic heterocycles. The van der Waals surface area contributed by atoms with Crippen LogP contribution in [0.25, 0.3) is 0 Å². The second-order valence-corrected chi connectivity index (χ2v) is 7.07. The van der Waals surface area contributed by atoms with E-state index in [1.807, 2.05) is 6.26 Å². The Balaban J connectivity index is 2.89. The maximum atomic E-state index is 12.7. The van der Waals surface area contributed by atoms with E-state index in [-0.39, 0.29) is 12.8 Å². The van der Waals surface area contributed by atoms with Crippen LogP contribution in [0.3, 0.4) is 0 Å². The highest BCUT2D eigenvalue weighted by Crippen LogP contribution is 2.04. The van der Waals surface area contributed by atoms with Crippen LogP contribution in [0.4, 0.5) is 0 Å². The third-order valence-corrected chi connectivity index (χ3v) is 4.45. The predicted octanol–water partition coefficient (Wildman–Crippen LogP) is -2.80. The quantitative estimate of drug-likeness (QED) is 0.173. The second-order valence-electron chi connectivity index (χ2n) is 6.09. The first-order valence-corrected chi connectivity index (χ1v) is 10.1. The molecule has 0 fully saturated rings. The van der Waals surface area contributed by atoms with E-state index in [9.17, 15) is 19.2 Å². The van der Waals surface area contributed by atoms with Crippen LogP contribution in [0.2, 0.25) is 0 Å². The number of carboxylic acids is 1. The third-order valence-electron chi connectivity index (χ3n) is 3.80. The van der Waals surface area contributed by atoms with Crippen LogP contribution in [0, 0.1) is 0 Å². The van der Waals surface area contributed by atoms with E-state index >= 15 is 0 Å². The summed E-state index contributed by atoms with van der Waals surface area (Å²) >= 11 is 1.46. The molecule has 3 atom stereocenters. The van der Waals surface area contributed by atoms with Gasteiger partial charge in [0.05, 0.1) is 12.9 Å². The minimum absolute atomic E-state index is 0.0382. The third kappa shape index (κ3) is 8.93. The maximum absolute atomic E-state index is 12.7. The Bertz CT molecular complexity index is 685. The summed E-state index contributed by atoms with van der Waals surface area (Å²) in [6.07, 6.45) is 5.01. The fourth-order valence-corrected chi connectivity index (χ4v) is 2.72. The summed E-state index contributed by atoms with van der Waals surface area (Å²) in [5.74, 6) is -2.71. The van der Waals surface area contributed by atoms with Gasteiger partial charge in [0.25, 0.3) is 0 Å². The lowest BCUT2D eigenvalue weighted by Crippen LogP contribution is -2.57. The van der Waals surface area contributed by atoms with Crippen molar-refractivity contribution in [3.8, 4) is 0 Å². The fourth-order valence-electron chi connectivity index (χ4n) is 2.25. The van der Waals surface area contributed by atoms with Gasteiger partial charge in [-0.15, -0.1) is 0 Å². The lowest BCUT2D eigenvalue weighted by Gasteiger charge is -2.23. The minimum Gasteiger partial charge on any atom is -0.480 e. The Kier molecular flexibility index (Phi) is 10.7. The molecule has 0 saturated heterocycles. The lowest BCUT2D eigenvalue weighted by atomic mass is 10.1. The molecule has 0 radical (unpaired) electrons. The molecule has 1 aromatic rings. The summed E-state index contributed by atoms with van der Waals surface area (Å²) in [5.41, 5.74) is 6.02. The molecule has 12 nitrogen and oxygen atoms in total. The molecule has 0 aromatic carbocycles. The van der Waals surface area contributed by atoms with Gasteiger partial charge in [-0.1, -0.05) is 0 Å². The topological polar surface area (TPSA) is 200 Å². The van der Waals surface area contributed by atoms with Gasteiger partial charge in [0.1, 0.15) is 24.7 Å². The van der Waals surface area contributed by atoms with Gasteiger partial charge in [0, 0.05) is 18.3 Å². The Hall–Kier alpha value is -2.64. The van der Waals surface area contributed by atoms with E-state index in [0.717, 1.165) is 0 Å². The maximum Gasteiger partial charge on any atom is 0.322 e. The summed E-state index contributed by atoms with van der Waals surface area (Å²) in [7, 11) is 0. The van der Waals surface area contributed by atoms with Crippen molar-refractivity contribution >= 4 is 35.5 Å². The molecule has 0 aliphatic rings. The number of hydrogen-bond acceptors (Lipinski definition) is 8. The highest BCUT2D eigenvalue weighted by atomic mass is 32.2. The molecule has 0 bridgehead atoms. The van der Waals surface area contributed by atoms with Gasteiger partial charge in [-0.05, 0) is 18.4 Å². The molecular formula is C16H26N6O6S. The van der Waals surface area contributed by atoms with E-state index in [0.29, 0.717) is 11.4 Å². The van der Waals surface area contributed by atoms with Crippen LogP contribution in [-0.2, 0) is 25.6 Å². The van der Waals surface area contributed by atoms with Crippen LogP contribution in [0.5, 0.6) is 0 Å². The first-order chi connectivity index (χ1) is 13.8. The van der Waals surface area contributed by atoms with Crippen LogP contribution in [0.15, 0.2) is 12.5 Å². The molecule has 1 heterocycles. The van der Waals surface area contributed by atoms with Crippen molar-refractivity contribution in [2.45, 2.75) is 31.0 Å². The number of thioether (sulfide) groups is 1. The largest absolute Gasteiger partial charge is 0.480 e. The van der Waals surface area contributed by atoms with Crippen molar-refractivity contribution in [3.63, 3.8) is 0 Å². The van der Waals surface area contributed by atoms with Gasteiger partial charge >= 0.3 is 5.97 Å². The molecule has 29 heavy (non-hydrogen) atoms. The van der Waals surface area contributed by atoms with Crippen LogP contribution in [-0.4, -0.2) is 87.2 Å². The lowest BCUT2D eigenvalue weighted by molar-refractivity contribution is -0.138. The summed E-state index contributed by atoms with van der Waals surface area (Å²) < 4.78 is 0. The zero-order chi connectivity index (χ0) is 21.8. The molecule has 0 spiro atoms. The summed E-state index contributed by atoms with van der Waals surface area (Å²) in [5, 5.41) is 24.9. The molecule has 13 heteroatoms. The Labute approximate surface area is 171 Å². The van der Waals surface area contributed by atoms with Gasteiger partial charge in [0.2, 0.25) is 17.7 Å². The van der Waals surface area contributed by atoms with E-state index in [1.54, 1.807) is 0 Å². The standard InChI is InChI=1S/C16H26N6O6S/c1-29-3-2-11(21-14(26)10(17)7-23)16(28)22-12(4-9-5-18-8-20-9)15(27)19-6-13(24)25/h5,8,10-12,23H,2-4,6-7,17H2,1H3,(H,18,20)(H,19,27)(H,21,26)(H,22,28)(H,24,25). The average molecular weight is 430 g/mol.